The van der Waals surface area contributed by atoms with Gasteiger partial charge in [-0.05, 0) is 60.7 Å². The lowest BCUT2D eigenvalue weighted by molar-refractivity contribution is 1.66. The zero-order valence-electron chi connectivity index (χ0n) is 13.7. The van der Waals surface area contributed by atoms with Gasteiger partial charge in [0, 0.05) is 28.4 Å². The monoisotopic (exact) mass is 358 g/mol. The van der Waals surface area contributed by atoms with E-state index in [1.807, 2.05) is 6.07 Å². The third-order valence-electron chi connectivity index (χ3n) is 2.87. The van der Waals surface area contributed by atoms with Crippen molar-refractivity contribution in [2.24, 2.45) is 0 Å². The maximum absolute atomic E-state index is 5.61. The van der Waals surface area contributed by atoms with Gasteiger partial charge in [0.25, 0.3) is 0 Å². The summed E-state index contributed by atoms with van der Waals surface area (Å²) in [5, 5.41) is 0.509. The van der Waals surface area contributed by atoms with Gasteiger partial charge in [0.2, 0.25) is 0 Å². The fraction of sp³-hybridized carbons (Fsp3) is 0. The van der Waals surface area contributed by atoms with Gasteiger partial charge in [0.05, 0.1) is 10.7 Å². The molecule has 25 heavy (non-hydrogen) atoms. The summed E-state index contributed by atoms with van der Waals surface area (Å²) >= 11 is 5.61. The molecule has 0 amide bonds. The standard InChI is InChI=1S/C6H7ClN2.2C6H8N2/c7-5-3-4(8)1-2-6(5)9;7-5-1-2-6(8)4-3-5;7-5-2-1-3-6(8)4-5/h1-3H,8-9H2;2*1-4H,7-8H2. The van der Waals surface area contributed by atoms with Gasteiger partial charge in [0.15, 0.2) is 0 Å². The fourth-order valence-electron chi connectivity index (χ4n) is 1.60. The lowest BCUT2D eigenvalue weighted by Crippen LogP contribution is -1.88. The molecule has 0 aliphatic rings. The van der Waals surface area contributed by atoms with Crippen LogP contribution in [0.5, 0.6) is 0 Å². The van der Waals surface area contributed by atoms with E-state index < -0.39 is 0 Å². The molecule has 0 heterocycles. The van der Waals surface area contributed by atoms with Crippen LogP contribution in [-0.4, -0.2) is 0 Å². The minimum atomic E-state index is 0.509. The van der Waals surface area contributed by atoms with Crippen molar-refractivity contribution < 1.29 is 0 Å². The zero-order chi connectivity index (χ0) is 18.8. The Kier molecular flexibility index (Phi) is 7.75. The van der Waals surface area contributed by atoms with Gasteiger partial charge in [-0.15, -0.1) is 0 Å². The molecular weight excluding hydrogens is 336 g/mol. The number of hydrogen-bond donors (Lipinski definition) is 6. The normalized spacial score (nSPS) is 9.16. The van der Waals surface area contributed by atoms with Crippen molar-refractivity contribution in [1.29, 1.82) is 0 Å². The molecule has 3 aromatic rings. The Hall–Kier alpha value is -3.25. The van der Waals surface area contributed by atoms with Crippen LogP contribution in [0.3, 0.4) is 0 Å². The summed E-state index contributed by atoms with van der Waals surface area (Å²) in [4.78, 5) is 0. The average molecular weight is 359 g/mol. The highest BCUT2D eigenvalue weighted by molar-refractivity contribution is 6.33. The van der Waals surface area contributed by atoms with Crippen LogP contribution in [-0.2, 0) is 0 Å². The Balaban J connectivity index is 0.000000188. The van der Waals surface area contributed by atoms with E-state index in [4.69, 9.17) is 46.0 Å². The van der Waals surface area contributed by atoms with E-state index in [0.717, 1.165) is 11.4 Å². The van der Waals surface area contributed by atoms with Gasteiger partial charge in [-0.25, -0.2) is 0 Å². The van der Waals surface area contributed by atoms with Gasteiger partial charge < -0.3 is 34.4 Å². The molecule has 0 spiro atoms. The lowest BCUT2D eigenvalue weighted by Gasteiger charge is -1.96. The molecule has 3 rings (SSSR count). The first-order valence-electron chi connectivity index (χ1n) is 7.30. The van der Waals surface area contributed by atoms with Crippen LogP contribution in [0, 0.1) is 0 Å². The molecule has 6 nitrogen and oxygen atoms in total. The molecule has 0 aliphatic heterocycles. The molecule has 0 saturated heterocycles. The van der Waals surface area contributed by atoms with Crippen molar-refractivity contribution in [2.75, 3.05) is 34.4 Å². The Morgan fingerprint density at radius 3 is 1.20 bits per heavy atom. The molecule has 3 aromatic carbocycles. The summed E-state index contributed by atoms with van der Waals surface area (Å²) in [5.74, 6) is 0. The van der Waals surface area contributed by atoms with Crippen LogP contribution in [0.15, 0.2) is 66.7 Å². The first-order chi connectivity index (χ1) is 11.8. The second-order valence-electron chi connectivity index (χ2n) is 5.12. The minimum Gasteiger partial charge on any atom is -0.399 e. The molecule has 0 aromatic heterocycles. The average Bonchev–Trinajstić information content (AvgIpc) is 2.55. The Morgan fingerprint density at radius 2 is 0.880 bits per heavy atom. The molecule has 0 radical (unpaired) electrons. The van der Waals surface area contributed by atoms with Crippen molar-refractivity contribution in [1.82, 2.24) is 0 Å². The lowest BCUT2D eigenvalue weighted by atomic mass is 10.3. The summed E-state index contributed by atoms with van der Waals surface area (Å²) in [7, 11) is 0. The third kappa shape index (κ3) is 8.24. The zero-order valence-corrected chi connectivity index (χ0v) is 14.4. The Morgan fingerprint density at radius 1 is 0.480 bits per heavy atom. The van der Waals surface area contributed by atoms with Crippen molar-refractivity contribution >= 4 is 45.7 Å². The van der Waals surface area contributed by atoms with Crippen LogP contribution in [0.1, 0.15) is 0 Å². The number of rotatable bonds is 0. The van der Waals surface area contributed by atoms with Gasteiger partial charge in [-0.2, -0.15) is 0 Å². The number of halogens is 1. The maximum Gasteiger partial charge on any atom is 0.0655 e. The maximum atomic E-state index is 5.61. The summed E-state index contributed by atoms with van der Waals surface area (Å²) in [6, 6.07) is 19.3. The molecule has 0 atom stereocenters. The van der Waals surface area contributed by atoms with E-state index in [-0.39, 0.29) is 0 Å². The molecule has 0 saturated carbocycles. The molecule has 0 fully saturated rings. The molecular formula is C18H23ClN6. The highest BCUT2D eigenvalue weighted by Crippen LogP contribution is 2.20. The van der Waals surface area contributed by atoms with Crippen molar-refractivity contribution in [2.45, 2.75) is 0 Å². The van der Waals surface area contributed by atoms with Crippen molar-refractivity contribution in [3.05, 3.63) is 71.8 Å². The van der Waals surface area contributed by atoms with Crippen LogP contribution >= 0.6 is 11.6 Å². The number of hydrogen-bond acceptors (Lipinski definition) is 6. The van der Waals surface area contributed by atoms with Crippen LogP contribution in [0.2, 0.25) is 5.02 Å². The highest BCUT2D eigenvalue weighted by atomic mass is 35.5. The second kappa shape index (κ2) is 9.79. The first-order valence-corrected chi connectivity index (χ1v) is 7.68. The number of benzene rings is 3. The van der Waals surface area contributed by atoms with E-state index in [1.165, 1.54) is 0 Å². The van der Waals surface area contributed by atoms with E-state index in [9.17, 15) is 0 Å². The number of nitrogens with two attached hydrogens (primary N) is 6. The van der Waals surface area contributed by atoms with E-state index >= 15 is 0 Å². The van der Waals surface area contributed by atoms with Crippen LogP contribution in [0.4, 0.5) is 34.1 Å². The van der Waals surface area contributed by atoms with Crippen molar-refractivity contribution in [3.8, 4) is 0 Å². The second-order valence-corrected chi connectivity index (χ2v) is 5.52. The number of anilines is 6. The summed E-state index contributed by atoms with van der Waals surface area (Å²) in [6.45, 7) is 0. The minimum absolute atomic E-state index is 0.509. The Bertz CT molecular complexity index is 752. The highest BCUT2D eigenvalue weighted by Gasteiger charge is 1.92. The van der Waals surface area contributed by atoms with Crippen molar-refractivity contribution in [3.63, 3.8) is 0 Å². The van der Waals surface area contributed by atoms with Gasteiger partial charge >= 0.3 is 0 Å². The molecule has 0 bridgehead atoms. The van der Waals surface area contributed by atoms with Crippen LogP contribution < -0.4 is 34.4 Å². The molecule has 0 unspecified atom stereocenters. The largest absolute Gasteiger partial charge is 0.399 e. The molecule has 7 heteroatoms. The predicted molar refractivity (Wildman–Crippen MR) is 111 cm³/mol. The summed E-state index contributed by atoms with van der Waals surface area (Å²) in [5.41, 5.74) is 36.4. The predicted octanol–water partition coefficient (Wildman–Crippen LogP) is 3.21. The van der Waals surface area contributed by atoms with E-state index in [0.29, 0.717) is 27.8 Å². The van der Waals surface area contributed by atoms with Gasteiger partial charge in [-0.3, -0.25) is 0 Å². The van der Waals surface area contributed by atoms with Gasteiger partial charge in [-0.1, -0.05) is 17.7 Å². The summed E-state index contributed by atoms with van der Waals surface area (Å²) < 4.78 is 0. The third-order valence-corrected chi connectivity index (χ3v) is 3.20. The van der Waals surface area contributed by atoms with Crippen LogP contribution in [0.25, 0.3) is 0 Å². The molecule has 0 aliphatic carbocycles. The Labute approximate surface area is 152 Å². The molecule has 132 valence electrons. The van der Waals surface area contributed by atoms with Gasteiger partial charge in [0.1, 0.15) is 0 Å². The quantitative estimate of drug-likeness (QED) is 0.339. The topological polar surface area (TPSA) is 156 Å². The van der Waals surface area contributed by atoms with E-state index in [2.05, 4.69) is 0 Å². The van der Waals surface area contributed by atoms with E-state index in [1.54, 1.807) is 60.7 Å². The first kappa shape index (κ1) is 19.8. The number of nitrogen functional groups attached to an aromatic ring is 6. The fourth-order valence-corrected chi connectivity index (χ4v) is 1.79. The summed E-state index contributed by atoms with van der Waals surface area (Å²) in [6.07, 6.45) is 0. The SMILES string of the molecule is Nc1ccc(N)c(Cl)c1.Nc1ccc(N)cc1.Nc1cccc(N)c1. The smallest absolute Gasteiger partial charge is 0.0655 e. The molecule has 12 N–H and O–H groups in total.